The molecule has 25 heavy (non-hydrogen) atoms. The van der Waals surface area contributed by atoms with Crippen molar-refractivity contribution in [2.24, 2.45) is 0 Å². The number of nitrogens with zero attached hydrogens (tertiary/aromatic N) is 1. The number of nitrogens with one attached hydrogen (secondary N) is 1. The van der Waals surface area contributed by atoms with Gasteiger partial charge in [-0.15, -0.1) is 0 Å². The number of rotatable bonds is 3. The standard InChI is InChI=1S/C21H21ClN2O/c1-15-18(5-2-6-19(15)22)21(9-12-25-13-10-21)24-17-8-7-16-4-3-11-23-20(16)14-17/h2-8,11,14,24H,9-10,12-13H2,1H3. The van der Waals surface area contributed by atoms with Crippen LogP contribution in [-0.2, 0) is 10.3 Å². The first-order valence-electron chi connectivity index (χ1n) is 8.64. The van der Waals surface area contributed by atoms with E-state index in [1.54, 1.807) is 0 Å². The molecule has 3 aromatic rings. The Morgan fingerprint density at radius 2 is 1.92 bits per heavy atom. The molecular formula is C21H21ClN2O. The minimum atomic E-state index is -0.171. The topological polar surface area (TPSA) is 34.2 Å². The van der Waals surface area contributed by atoms with E-state index in [4.69, 9.17) is 16.3 Å². The van der Waals surface area contributed by atoms with Gasteiger partial charge in [0.15, 0.2) is 0 Å². The molecule has 1 saturated heterocycles. The third-order valence-corrected chi connectivity index (χ3v) is 5.53. The average Bonchev–Trinajstić information content (AvgIpc) is 2.64. The molecule has 1 N–H and O–H groups in total. The van der Waals surface area contributed by atoms with E-state index < -0.39 is 0 Å². The highest BCUT2D eigenvalue weighted by Crippen LogP contribution is 2.39. The van der Waals surface area contributed by atoms with Crippen molar-refractivity contribution in [2.75, 3.05) is 18.5 Å². The Morgan fingerprint density at radius 1 is 1.08 bits per heavy atom. The molecule has 4 heteroatoms. The highest BCUT2D eigenvalue weighted by Gasteiger charge is 2.36. The maximum absolute atomic E-state index is 6.41. The molecule has 0 atom stereocenters. The maximum atomic E-state index is 6.41. The Balaban J connectivity index is 1.77. The van der Waals surface area contributed by atoms with E-state index in [0.29, 0.717) is 0 Å². The molecule has 0 spiro atoms. The first kappa shape index (κ1) is 16.4. The zero-order valence-electron chi connectivity index (χ0n) is 14.3. The fraction of sp³-hybridized carbons (Fsp3) is 0.286. The Labute approximate surface area is 153 Å². The zero-order valence-corrected chi connectivity index (χ0v) is 15.0. The summed E-state index contributed by atoms with van der Waals surface area (Å²) in [6.45, 7) is 3.58. The Morgan fingerprint density at radius 3 is 2.76 bits per heavy atom. The van der Waals surface area contributed by atoms with Crippen molar-refractivity contribution in [1.82, 2.24) is 4.98 Å². The van der Waals surface area contributed by atoms with Gasteiger partial charge < -0.3 is 10.1 Å². The summed E-state index contributed by atoms with van der Waals surface area (Å²) in [6, 6.07) is 16.6. The monoisotopic (exact) mass is 352 g/mol. The lowest BCUT2D eigenvalue weighted by atomic mass is 9.80. The van der Waals surface area contributed by atoms with Gasteiger partial charge in [-0.25, -0.2) is 0 Å². The molecule has 2 heterocycles. The number of anilines is 1. The summed E-state index contributed by atoms with van der Waals surface area (Å²) < 4.78 is 5.64. The number of halogens is 1. The van der Waals surface area contributed by atoms with Crippen molar-refractivity contribution >= 4 is 28.2 Å². The number of benzene rings is 2. The highest BCUT2D eigenvalue weighted by molar-refractivity contribution is 6.31. The zero-order chi connectivity index (χ0) is 17.3. The summed E-state index contributed by atoms with van der Waals surface area (Å²) in [5, 5.41) is 5.75. The minimum absolute atomic E-state index is 0.171. The second-order valence-electron chi connectivity index (χ2n) is 6.64. The quantitative estimate of drug-likeness (QED) is 0.693. The summed E-state index contributed by atoms with van der Waals surface area (Å²) in [6.07, 6.45) is 3.65. The summed E-state index contributed by atoms with van der Waals surface area (Å²) >= 11 is 6.41. The van der Waals surface area contributed by atoms with Crippen LogP contribution in [0.2, 0.25) is 5.02 Å². The van der Waals surface area contributed by atoms with Crippen molar-refractivity contribution in [1.29, 1.82) is 0 Å². The fourth-order valence-electron chi connectivity index (χ4n) is 3.73. The third kappa shape index (κ3) is 3.10. The lowest BCUT2D eigenvalue weighted by Crippen LogP contribution is -2.41. The third-order valence-electron chi connectivity index (χ3n) is 5.12. The number of aromatic nitrogens is 1. The van der Waals surface area contributed by atoms with E-state index >= 15 is 0 Å². The first-order valence-corrected chi connectivity index (χ1v) is 9.02. The van der Waals surface area contributed by atoms with Gasteiger partial charge in [0.2, 0.25) is 0 Å². The minimum Gasteiger partial charge on any atom is -0.381 e. The molecule has 2 aromatic carbocycles. The van der Waals surface area contributed by atoms with Gasteiger partial charge in [-0.2, -0.15) is 0 Å². The van der Waals surface area contributed by atoms with Crippen molar-refractivity contribution < 1.29 is 4.74 Å². The molecule has 128 valence electrons. The number of hydrogen-bond acceptors (Lipinski definition) is 3. The molecule has 0 amide bonds. The van der Waals surface area contributed by atoms with Crippen molar-refractivity contribution in [2.45, 2.75) is 25.3 Å². The van der Waals surface area contributed by atoms with Crippen LogP contribution >= 0.6 is 11.6 Å². The van der Waals surface area contributed by atoms with E-state index in [1.807, 2.05) is 24.4 Å². The Hall–Kier alpha value is -2.10. The van der Waals surface area contributed by atoms with E-state index in [0.717, 1.165) is 53.2 Å². The van der Waals surface area contributed by atoms with Gasteiger partial charge in [0.05, 0.1) is 11.1 Å². The van der Waals surface area contributed by atoms with Gasteiger partial charge >= 0.3 is 0 Å². The smallest absolute Gasteiger partial charge is 0.0722 e. The molecule has 1 aromatic heterocycles. The maximum Gasteiger partial charge on any atom is 0.0722 e. The van der Waals surface area contributed by atoms with Gasteiger partial charge in [-0.05, 0) is 55.2 Å². The molecule has 0 bridgehead atoms. The fourth-order valence-corrected chi connectivity index (χ4v) is 3.90. The predicted molar refractivity (Wildman–Crippen MR) is 103 cm³/mol. The van der Waals surface area contributed by atoms with Crippen LogP contribution in [0.15, 0.2) is 54.7 Å². The lowest BCUT2D eigenvalue weighted by molar-refractivity contribution is 0.0592. The highest BCUT2D eigenvalue weighted by atomic mass is 35.5. The molecule has 3 nitrogen and oxygen atoms in total. The SMILES string of the molecule is Cc1c(Cl)cccc1C1(Nc2ccc3cccnc3c2)CCOCC1. The first-order chi connectivity index (χ1) is 12.2. The molecule has 0 radical (unpaired) electrons. The van der Waals surface area contributed by atoms with Crippen LogP contribution in [0.3, 0.4) is 0 Å². The van der Waals surface area contributed by atoms with E-state index in [1.165, 1.54) is 5.56 Å². The largest absolute Gasteiger partial charge is 0.381 e. The van der Waals surface area contributed by atoms with Gasteiger partial charge in [0.1, 0.15) is 0 Å². The van der Waals surface area contributed by atoms with Crippen LogP contribution in [0, 0.1) is 6.92 Å². The number of pyridine rings is 1. The van der Waals surface area contributed by atoms with Gasteiger partial charge in [-0.3, -0.25) is 4.98 Å². The lowest BCUT2D eigenvalue weighted by Gasteiger charge is -2.40. The molecule has 1 aliphatic rings. The summed E-state index contributed by atoms with van der Waals surface area (Å²) in [5.74, 6) is 0. The molecule has 4 rings (SSSR count). The van der Waals surface area contributed by atoms with Gasteiger partial charge in [0.25, 0.3) is 0 Å². The molecule has 0 aliphatic carbocycles. The summed E-state index contributed by atoms with van der Waals surface area (Å²) in [5.41, 5.74) is 4.29. The number of hydrogen-bond donors (Lipinski definition) is 1. The van der Waals surface area contributed by atoms with Crippen LogP contribution in [0.1, 0.15) is 24.0 Å². The van der Waals surface area contributed by atoms with Crippen LogP contribution < -0.4 is 5.32 Å². The van der Waals surface area contributed by atoms with Crippen molar-refractivity contribution in [3.63, 3.8) is 0 Å². The van der Waals surface area contributed by atoms with Crippen LogP contribution in [0.5, 0.6) is 0 Å². The number of fused-ring (bicyclic) bond motifs is 1. The van der Waals surface area contributed by atoms with Crippen LogP contribution in [0.25, 0.3) is 10.9 Å². The van der Waals surface area contributed by atoms with E-state index in [2.05, 4.69) is 47.6 Å². The molecule has 0 unspecified atom stereocenters. The molecular weight excluding hydrogens is 332 g/mol. The molecule has 0 saturated carbocycles. The van der Waals surface area contributed by atoms with E-state index in [9.17, 15) is 0 Å². The number of ether oxygens (including phenoxy) is 1. The predicted octanol–water partition coefficient (Wildman–Crippen LogP) is 5.31. The van der Waals surface area contributed by atoms with Crippen LogP contribution in [-0.4, -0.2) is 18.2 Å². The van der Waals surface area contributed by atoms with Crippen molar-refractivity contribution in [3.05, 3.63) is 70.9 Å². The van der Waals surface area contributed by atoms with Gasteiger partial charge in [0, 0.05) is 35.5 Å². The summed E-state index contributed by atoms with van der Waals surface area (Å²) in [7, 11) is 0. The van der Waals surface area contributed by atoms with Gasteiger partial charge in [-0.1, -0.05) is 35.9 Å². The normalized spacial score (nSPS) is 16.7. The Bertz CT molecular complexity index is 903. The van der Waals surface area contributed by atoms with Crippen LogP contribution in [0.4, 0.5) is 5.69 Å². The van der Waals surface area contributed by atoms with E-state index in [-0.39, 0.29) is 5.54 Å². The average molecular weight is 353 g/mol. The molecule has 1 aliphatic heterocycles. The second kappa shape index (κ2) is 6.66. The summed E-state index contributed by atoms with van der Waals surface area (Å²) in [4.78, 5) is 4.48. The Kier molecular flexibility index (Phi) is 4.36. The second-order valence-corrected chi connectivity index (χ2v) is 7.05. The van der Waals surface area contributed by atoms with Crippen molar-refractivity contribution in [3.8, 4) is 0 Å². The molecule has 1 fully saturated rings.